The minimum Gasteiger partial charge on any atom is -0.496 e. The minimum atomic E-state index is 0.924. The molecular formula is C15H26N2O. The Morgan fingerprint density at radius 2 is 1.89 bits per heavy atom. The van der Waals surface area contributed by atoms with E-state index in [9.17, 15) is 0 Å². The summed E-state index contributed by atoms with van der Waals surface area (Å²) in [4.78, 5) is 2.29. The first kappa shape index (κ1) is 15.0. The lowest BCUT2D eigenvalue weighted by Gasteiger charge is -2.19. The lowest BCUT2D eigenvalue weighted by molar-refractivity contribution is 0.321. The molecule has 0 aliphatic heterocycles. The highest BCUT2D eigenvalue weighted by Gasteiger charge is 2.10. The molecule has 1 rings (SSSR count). The van der Waals surface area contributed by atoms with Gasteiger partial charge in [-0.3, -0.25) is 4.90 Å². The van der Waals surface area contributed by atoms with E-state index in [-0.39, 0.29) is 0 Å². The largest absolute Gasteiger partial charge is 0.496 e. The predicted molar refractivity (Wildman–Crippen MR) is 77.5 cm³/mol. The van der Waals surface area contributed by atoms with Gasteiger partial charge >= 0.3 is 0 Å². The van der Waals surface area contributed by atoms with Crippen LogP contribution < -0.4 is 10.1 Å². The Bertz CT molecular complexity index is 402. The maximum Gasteiger partial charge on any atom is 0.124 e. The zero-order chi connectivity index (χ0) is 13.7. The van der Waals surface area contributed by atoms with Crippen molar-refractivity contribution in [3.05, 3.63) is 28.3 Å². The van der Waals surface area contributed by atoms with Gasteiger partial charge in [0.1, 0.15) is 5.75 Å². The molecule has 0 amide bonds. The second-order valence-corrected chi connectivity index (χ2v) is 4.98. The summed E-state index contributed by atoms with van der Waals surface area (Å²) < 4.78 is 5.46. The molecule has 1 N–H and O–H groups in total. The molecule has 0 unspecified atom stereocenters. The van der Waals surface area contributed by atoms with Crippen LogP contribution in [0.25, 0.3) is 0 Å². The average Bonchev–Trinajstić information content (AvgIpc) is 2.33. The van der Waals surface area contributed by atoms with Crippen LogP contribution in [0.4, 0.5) is 0 Å². The summed E-state index contributed by atoms with van der Waals surface area (Å²) in [5.41, 5.74) is 5.28. The van der Waals surface area contributed by atoms with Crippen molar-refractivity contribution in [3.8, 4) is 5.75 Å². The molecule has 3 nitrogen and oxygen atoms in total. The van der Waals surface area contributed by atoms with Crippen LogP contribution in [-0.4, -0.2) is 39.3 Å². The van der Waals surface area contributed by atoms with Crippen LogP contribution in [0.5, 0.6) is 5.75 Å². The fraction of sp³-hybridized carbons (Fsp3) is 0.600. The average molecular weight is 250 g/mol. The maximum absolute atomic E-state index is 5.46. The number of ether oxygens (including phenoxy) is 1. The highest BCUT2D eigenvalue weighted by atomic mass is 16.5. The second-order valence-electron chi connectivity index (χ2n) is 4.98. The topological polar surface area (TPSA) is 24.5 Å². The van der Waals surface area contributed by atoms with Crippen LogP contribution in [0.2, 0.25) is 0 Å². The molecule has 18 heavy (non-hydrogen) atoms. The van der Waals surface area contributed by atoms with Gasteiger partial charge in [-0.15, -0.1) is 0 Å². The van der Waals surface area contributed by atoms with Gasteiger partial charge in [0.15, 0.2) is 0 Å². The Hall–Kier alpha value is -1.06. The SMILES string of the molecule is CNCN(C)CCc1cc(C)c(OC)c(C)c1C. The fourth-order valence-electron chi connectivity index (χ4n) is 2.38. The smallest absolute Gasteiger partial charge is 0.124 e. The Balaban J connectivity index is 2.84. The molecule has 0 saturated carbocycles. The van der Waals surface area contributed by atoms with E-state index in [1.54, 1.807) is 7.11 Å². The van der Waals surface area contributed by atoms with Crippen LogP contribution in [0.1, 0.15) is 22.3 Å². The molecule has 0 spiro atoms. The molecule has 0 aromatic heterocycles. The van der Waals surface area contributed by atoms with E-state index in [1.807, 2.05) is 7.05 Å². The number of methoxy groups -OCH3 is 1. The van der Waals surface area contributed by atoms with Crippen LogP contribution in [0.15, 0.2) is 6.07 Å². The van der Waals surface area contributed by atoms with Gasteiger partial charge in [-0.05, 0) is 63.5 Å². The van der Waals surface area contributed by atoms with E-state index in [1.165, 1.54) is 22.3 Å². The van der Waals surface area contributed by atoms with E-state index in [0.717, 1.165) is 25.4 Å². The summed E-state index contributed by atoms with van der Waals surface area (Å²) in [6.45, 7) is 8.43. The third kappa shape index (κ3) is 3.47. The number of nitrogens with one attached hydrogen (secondary N) is 1. The van der Waals surface area contributed by atoms with Crippen LogP contribution >= 0.6 is 0 Å². The lowest BCUT2D eigenvalue weighted by Crippen LogP contribution is -2.30. The second kappa shape index (κ2) is 6.76. The Morgan fingerprint density at radius 1 is 1.22 bits per heavy atom. The first-order valence-electron chi connectivity index (χ1n) is 6.48. The van der Waals surface area contributed by atoms with Crippen molar-refractivity contribution in [2.75, 3.05) is 34.4 Å². The fourth-order valence-corrected chi connectivity index (χ4v) is 2.38. The van der Waals surface area contributed by atoms with Crippen molar-refractivity contribution in [3.63, 3.8) is 0 Å². The normalized spacial score (nSPS) is 11.1. The molecule has 0 aliphatic rings. The van der Waals surface area contributed by atoms with Crippen LogP contribution in [0, 0.1) is 20.8 Å². The summed E-state index contributed by atoms with van der Waals surface area (Å²) >= 11 is 0. The van der Waals surface area contributed by atoms with Gasteiger partial charge in [0.2, 0.25) is 0 Å². The van der Waals surface area contributed by atoms with Gasteiger partial charge < -0.3 is 10.1 Å². The highest BCUT2D eigenvalue weighted by Crippen LogP contribution is 2.28. The van der Waals surface area contributed by atoms with E-state index in [2.05, 4.69) is 44.1 Å². The quantitative estimate of drug-likeness (QED) is 0.784. The highest BCUT2D eigenvalue weighted by molar-refractivity contribution is 5.49. The van der Waals surface area contributed by atoms with Gasteiger partial charge in [-0.25, -0.2) is 0 Å². The molecule has 3 heteroatoms. The molecule has 0 radical (unpaired) electrons. The van der Waals surface area contributed by atoms with Gasteiger partial charge in [-0.2, -0.15) is 0 Å². The van der Waals surface area contributed by atoms with Gasteiger partial charge in [0.05, 0.1) is 7.11 Å². The third-order valence-corrected chi connectivity index (χ3v) is 3.53. The third-order valence-electron chi connectivity index (χ3n) is 3.53. The van der Waals surface area contributed by atoms with Crippen molar-refractivity contribution >= 4 is 0 Å². The van der Waals surface area contributed by atoms with E-state index in [4.69, 9.17) is 4.74 Å². The first-order chi connectivity index (χ1) is 8.51. The summed E-state index contributed by atoms with van der Waals surface area (Å²) in [5.74, 6) is 1.03. The lowest BCUT2D eigenvalue weighted by atomic mass is 9.96. The summed E-state index contributed by atoms with van der Waals surface area (Å²) in [6, 6.07) is 2.26. The number of aryl methyl sites for hydroxylation is 1. The molecule has 0 bridgehead atoms. The predicted octanol–water partition coefficient (Wildman–Crippen LogP) is 2.27. The number of rotatable bonds is 6. The molecule has 0 atom stereocenters. The van der Waals surface area contributed by atoms with E-state index in [0.29, 0.717) is 0 Å². The summed E-state index contributed by atoms with van der Waals surface area (Å²) in [6.07, 6.45) is 1.08. The van der Waals surface area contributed by atoms with Crippen molar-refractivity contribution in [1.29, 1.82) is 0 Å². The number of nitrogens with zero attached hydrogens (tertiary/aromatic N) is 1. The molecule has 0 saturated heterocycles. The zero-order valence-corrected chi connectivity index (χ0v) is 12.6. The molecule has 1 aromatic rings. The number of benzene rings is 1. The van der Waals surface area contributed by atoms with Gasteiger partial charge in [0, 0.05) is 13.2 Å². The van der Waals surface area contributed by atoms with Gasteiger partial charge in [0.25, 0.3) is 0 Å². The summed E-state index contributed by atoms with van der Waals surface area (Å²) in [7, 11) is 5.85. The van der Waals surface area contributed by atoms with E-state index >= 15 is 0 Å². The number of hydrogen-bond acceptors (Lipinski definition) is 3. The van der Waals surface area contributed by atoms with Crippen LogP contribution in [-0.2, 0) is 6.42 Å². The Labute approximate surface area is 111 Å². The van der Waals surface area contributed by atoms with Crippen molar-refractivity contribution in [1.82, 2.24) is 10.2 Å². The van der Waals surface area contributed by atoms with Crippen molar-refractivity contribution in [2.24, 2.45) is 0 Å². The molecule has 0 heterocycles. The number of likely N-dealkylation sites (N-methyl/N-ethyl adjacent to an activating group) is 1. The summed E-state index contributed by atoms with van der Waals surface area (Å²) in [5, 5.41) is 3.17. The molecule has 102 valence electrons. The van der Waals surface area contributed by atoms with Crippen molar-refractivity contribution < 1.29 is 4.74 Å². The van der Waals surface area contributed by atoms with E-state index < -0.39 is 0 Å². The minimum absolute atomic E-state index is 0.924. The molecule has 0 fully saturated rings. The standard InChI is InChI=1S/C15H26N2O/c1-11-9-14(7-8-17(5)10-16-4)12(2)13(3)15(11)18-6/h9,16H,7-8,10H2,1-6H3. The Kier molecular flexibility index (Phi) is 5.63. The van der Waals surface area contributed by atoms with Gasteiger partial charge in [-0.1, -0.05) is 6.07 Å². The zero-order valence-electron chi connectivity index (χ0n) is 12.6. The monoisotopic (exact) mass is 250 g/mol. The molecule has 0 aliphatic carbocycles. The molecular weight excluding hydrogens is 224 g/mol. The van der Waals surface area contributed by atoms with Crippen molar-refractivity contribution in [2.45, 2.75) is 27.2 Å². The maximum atomic E-state index is 5.46. The molecule has 1 aromatic carbocycles. The number of hydrogen-bond donors (Lipinski definition) is 1. The van der Waals surface area contributed by atoms with Crippen LogP contribution in [0.3, 0.4) is 0 Å². The Morgan fingerprint density at radius 3 is 2.44 bits per heavy atom. The first-order valence-corrected chi connectivity index (χ1v) is 6.48.